The largest absolute Gasteiger partial charge is 0.481 e. The Morgan fingerprint density at radius 2 is 2.00 bits per heavy atom. The van der Waals surface area contributed by atoms with E-state index >= 15 is 0 Å². The zero-order valence-electron chi connectivity index (χ0n) is 10.5. The van der Waals surface area contributed by atoms with Gasteiger partial charge in [-0.1, -0.05) is 18.9 Å². The first-order valence-electron chi connectivity index (χ1n) is 6.31. The van der Waals surface area contributed by atoms with Crippen LogP contribution in [0.2, 0.25) is 0 Å². The minimum absolute atomic E-state index is 0.203. The van der Waals surface area contributed by atoms with Crippen molar-refractivity contribution in [3.05, 3.63) is 33.4 Å². The van der Waals surface area contributed by atoms with E-state index in [-0.39, 0.29) is 12.5 Å². The lowest BCUT2D eigenvalue weighted by Crippen LogP contribution is -2.41. The Labute approximate surface area is 125 Å². The van der Waals surface area contributed by atoms with Gasteiger partial charge in [-0.05, 0) is 53.6 Å². The van der Waals surface area contributed by atoms with Crippen LogP contribution in [0.1, 0.15) is 36.0 Å². The fourth-order valence-electron chi connectivity index (χ4n) is 2.50. The first-order valence-corrected chi connectivity index (χ1v) is 7.39. The van der Waals surface area contributed by atoms with Crippen molar-refractivity contribution in [1.29, 1.82) is 0 Å². The third-order valence-corrected chi connectivity index (χ3v) is 4.36. The number of hydrogen-bond donors (Lipinski definition) is 2. The van der Waals surface area contributed by atoms with Gasteiger partial charge in [-0.25, -0.2) is 0 Å². The molecule has 1 aliphatic rings. The van der Waals surface area contributed by atoms with E-state index in [0.29, 0.717) is 18.4 Å². The molecule has 1 saturated carbocycles. The zero-order chi connectivity index (χ0) is 13.9. The lowest BCUT2D eigenvalue weighted by Gasteiger charge is -2.23. The average Bonchev–Trinajstić information content (AvgIpc) is 2.86. The molecule has 19 heavy (non-hydrogen) atoms. The normalized spacial score (nSPS) is 17.1. The van der Waals surface area contributed by atoms with Gasteiger partial charge in [-0.3, -0.25) is 9.59 Å². The van der Waals surface area contributed by atoms with Crippen molar-refractivity contribution in [2.24, 2.45) is 5.41 Å². The molecular formula is C14H16INO3. The molecular weight excluding hydrogens is 357 g/mol. The molecule has 0 bridgehead atoms. The average molecular weight is 373 g/mol. The summed E-state index contributed by atoms with van der Waals surface area (Å²) in [5, 5.41) is 12.1. The predicted octanol–water partition coefficient (Wildman–Crippen LogP) is 2.67. The maximum Gasteiger partial charge on any atom is 0.311 e. The van der Waals surface area contributed by atoms with Crippen molar-refractivity contribution < 1.29 is 14.7 Å². The summed E-state index contributed by atoms with van der Waals surface area (Å²) in [4.78, 5) is 23.4. The van der Waals surface area contributed by atoms with Crippen molar-refractivity contribution in [2.75, 3.05) is 6.54 Å². The number of aliphatic carboxylic acids is 1. The fraction of sp³-hybridized carbons (Fsp3) is 0.429. The predicted molar refractivity (Wildman–Crippen MR) is 80.0 cm³/mol. The van der Waals surface area contributed by atoms with Crippen molar-refractivity contribution >= 4 is 34.5 Å². The Kier molecular flexibility index (Phi) is 4.44. The van der Waals surface area contributed by atoms with Gasteiger partial charge in [0.1, 0.15) is 0 Å². The highest BCUT2D eigenvalue weighted by molar-refractivity contribution is 14.1. The summed E-state index contributed by atoms with van der Waals surface area (Å²) in [5.74, 6) is -1.00. The van der Waals surface area contributed by atoms with Crippen molar-refractivity contribution in [3.63, 3.8) is 0 Å². The Morgan fingerprint density at radius 3 is 2.58 bits per heavy atom. The third-order valence-electron chi connectivity index (χ3n) is 3.69. The van der Waals surface area contributed by atoms with Crippen LogP contribution in [0.15, 0.2) is 24.3 Å². The van der Waals surface area contributed by atoms with Crippen molar-refractivity contribution in [3.8, 4) is 0 Å². The first kappa shape index (κ1) is 14.3. The van der Waals surface area contributed by atoms with Crippen LogP contribution in [0.25, 0.3) is 0 Å². The third kappa shape index (κ3) is 3.26. The molecule has 1 aromatic rings. The summed E-state index contributed by atoms with van der Waals surface area (Å²) in [6.45, 7) is 0.215. The van der Waals surface area contributed by atoms with Crippen LogP contribution in [-0.4, -0.2) is 23.5 Å². The molecule has 0 unspecified atom stereocenters. The molecule has 2 rings (SSSR count). The number of carbonyl (C=O) groups is 2. The van der Waals surface area contributed by atoms with E-state index in [1.807, 2.05) is 12.1 Å². The van der Waals surface area contributed by atoms with Crippen molar-refractivity contribution in [2.45, 2.75) is 25.7 Å². The van der Waals surface area contributed by atoms with Crippen LogP contribution in [0.5, 0.6) is 0 Å². The fourth-order valence-corrected chi connectivity index (χ4v) is 3.04. The van der Waals surface area contributed by atoms with Crippen LogP contribution in [0, 0.1) is 8.99 Å². The van der Waals surface area contributed by atoms with E-state index in [1.54, 1.807) is 12.1 Å². The van der Waals surface area contributed by atoms with E-state index in [1.165, 1.54) is 0 Å². The summed E-state index contributed by atoms with van der Waals surface area (Å²) in [5.41, 5.74) is -0.192. The number of rotatable bonds is 4. The lowest BCUT2D eigenvalue weighted by molar-refractivity contribution is -0.148. The maximum atomic E-state index is 12.0. The standard InChI is InChI=1S/C14H16INO3/c15-11-5-3-4-10(8-11)12(17)16-9-14(13(18)19)6-1-2-7-14/h3-5,8H,1-2,6-7,9H2,(H,16,17)(H,18,19). The van der Waals surface area contributed by atoms with Crippen LogP contribution in [0.4, 0.5) is 0 Å². The van der Waals surface area contributed by atoms with Gasteiger partial charge in [0.15, 0.2) is 0 Å². The topological polar surface area (TPSA) is 66.4 Å². The van der Waals surface area contributed by atoms with Crippen LogP contribution >= 0.6 is 22.6 Å². The minimum atomic E-state index is -0.798. The van der Waals surface area contributed by atoms with E-state index in [4.69, 9.17) is 0 Å². The van der Waals surface area contributed by atoms with Gasteiger partial charge >= 0.3 is 5.97 Å². The number of hydrogen-bond acceptors (Lipinski definition) is 2. The van der Waals surface area contributed by atoms with Crippen LogP contribution in [-0.2, 0) is 4.79 Å². The lowest BCUT2D eigenvalue weighted by atomic mass is 9.86. The molecule has 102 valence electrons. The van der Waals surface area contributed by atoms with Gasteiger partial charge in [0.2, 0.25) is 0 Å². The molecule has 5 heteroatoms. The molecule has 0 aromatic heterocycles. The molecule has 0 aliphatic heterocycles. The van der Waals surface area contributed by atoms with Gasteiger partial charge in [-0.2, -0.15) is 0 Å². The molecule has 1 fully saturated rings. The van der Waals surface area contributed by atoms with Gasteiger partial charge < -0.3 is 10.4 Å². The Balaban J connectivity index is 2.02. The number of carboxylic acids is 1. The number of amides is 1. The van der Waals surface area contributed by atoms with Crippen LogP contribution in [0.3, 0.4) is 0 Å². The summed E-state index contributed by atoms with van der Waals surface area (Å²) in [6.07, 6.45) is 3.14. The summed E-state index contributed by atoms with van der Waals surface area (Å²) in [7, 11) is 0. The highest BCUT2D eigenvalue weighted by Crippen LogP contribution is 2.37. The number of halogens is 1. The molecule has 1 aromatic carbocycles. The molecule has 0 radical (unpaired) electrons. The molecule has 0 heterocycles. The second-order valence-corrected chi connectivity index (χ2v) is 6.23. The number of benzene rings is 1. The summed E-state index contributed by atoms with van der Waals surface area (Å²) in [6, 6.07) is 7.25. The van der Waals surface area contributed by atoms with E-state index in [2.05, 4.69) is 27.9 Å². The first-order chi connectivity index (χ1) is 9.03. The van der Waals surface area contributed by atoms with E-state index in [0.717, 1.165) is 16.4 Å². The monoisotopic (exact) mass is 373 g/mol. The number of nitrogens with one attached hydrogen (secondary N) is 1. The SMILES string of the molecule is O=C(NCC1(C(=O)O)CCCC1)c1cccc(I)c1. The molecule has 1 amide bonds. The molecule has 1 aliphatic carbocycles. The summed E-state index contributed by atoms with van der Waals surface area (Å²) < 4.78 is 0.985. The van der Waals surface area contributed by atoms with Gasteiger partial charge in [0.25, 0.3) is 5.91 Å². The second kappa shape index (κ2) is 5.90. The Hall–Kier alpha value is -1.11. The van der Waals surface area contributed by atoms with Gasteiger partial charge in [0, 0.05) is 15.7 Å². The van der Waals surface area contributed by atoms with Crippen molar-refractivity contribution in [1.82, 2.24) is 5.32 Å². The Bertz CT molecular complexity index is 495. The highest BCUT2D eigenvalue weighted by Gasteiger charge is 2.41. The molecule has 0 spiro atoms. The zero-order valence-corrected chi connectivity index (χ0v) is 12.6. The smallest absolute Gasteiger partial charge is 0.311 e. The van der Waals surface area contributed by atoms with E-state index in [9.17, 15) is 14.7 Å². The summed E-state index contributed by atoms with van der Waals surface area (Å²) >= 11 is 2.14. The maximum absolute atomic E-state index is 12.0. The molecule has 4 nitrogen and oxygen atoms in total. The molecule has 0 atom stereocenters. The number of carbonyl (C=O) groups excluding carboxylic acids is 1. The minimum Gasteiger partial charge on any atom is -0.481 e. The molecule has 2 N–H and O–H groups in total. The van der Waals surface area contributed by atoms with E-state index < -0.39 is 11.4 Å². The van der Waals surface area contributed by atoms with Gasteiger partial charge in [-0.15, -0.1) is 0 Å². The van der Waals surface area contributed by atoms with Gasteiger partial charge in [0.05, 0.1) is 5.41 Å². The number of carboxylic acid groups (broad SMARTS) is 1. The quantitative estimate of drug-likeness (QED) is 0.798. The Morgan fingerprint density at radius 1 is 1.32 bits per heavy atom. The second-order valence-electron chi connectivity index (χ2n) is 4.99. The highest BCUT2D eigenvalue weighted by atomic mass is 127. The molecule has 0 saturated heterocycles. The van der Waals surface area contributed by atoms with Crippen LogP contribution < -0.4 is 5.32 Å².